The van der Waals surface area contributed by atoms with Crippen LogP contribution in [-0.2, 0) is 11.0 Å². The van der Waals surface area contributed by atoms with Gasteiger partial charge in [-0.1, -0.05) is 23.7 Å². The monoisotopic (exact) mass is 386 g/mol. The summed E-state index contributed by atoms with van der Waals surface area (Å²) < 4.78 is 44.0. The van der Waals surface area contributed by atoms with Crippen LogP contribution < -0.4 is 15.4 Å². The van der Waals surface area contributed by atoms with E-state index in [2.05, 4.69) is 10.6 Å². The van der Waals surface area contributed by atoms with Crippen LogP contribution in [0.2, 0.25) is 5.02 Å². The molecule has 2 aromatic carbocycles. The van der Waals surface area contributed by atoms with Gasteiger partial charge in [-0.25, -0.2) is 0 Å². The van der Waals surface area contributed by atoms with Crippen molar-refractivity contribution in [3.05, 3.63) is 53.1 Å². The lowest BCUT2D eigenvalue weighted by molar-refractivity contribution is -0.137. The molecule has 0 aliphatic carbocycles. The summed E-state index contributed by atoms with van der Waals surface area (Å²) in [6.07, 6.45) is -4.51. The number of halogens is 4. The second kappa shape index (κ2) is 8.80. The molecule has 0 spiro atoms. The molecule has 2 N–H and O–H groups in total. The molecule has 0 heterocycles. The molecule has 0 atom stereocenters. The van der Waals surface area contributed by atoms with Crippen LogP contribution >= 0.6 is 11.6 Å². The zero-order chi connectivity index (χ0) is 19.2. The maximum Gasteiger partial charge on any atom is 0.417 e. The number of alkyl halides is 3. The predicted molar refractivity (Wildman–Crippen MR) is 95.8 cm³/mol. The smallest absolute Gasteiger partial charge is 0.417 e. The summed E-state index contributed by atoms with van der Waals surface area (Å²) in [4.78, 5) is 12.0. The third-order valence-electron chi connectivity index (χ3n) is 3.41. The van der Waals surface area contributed by atoms with Gasteiger partial charge in [0.1, 0.15) is 5.75 Å². The molecular formula is C18H18ClF3N2O2. The molecule has 0 fully saturated rings. The first-order valence-electron chi connectivity index (χ1n) is 7.93. The molecule has 0 aliphatic rings. The standard InChI is InChI=1S/C18H18ClF3N2O2/c1-2-26-16-6-4-3-5-15(16)23-10-9-17(25)24-12-7-8-14(19)13(11-12)18(20,21)22/h3-8,11,23H,2,9-10H2,1H3,(H,24,25). The van der Waals surface area contributed by atoms with Gasteiger partial charge >= 0.3 is 6.18 Å². The molecule has 0 aromatic heterocycles. The van der Waals surface area contributed by atoms with Gasteiger partial charge in [0.25, 0.3) is 0 Å². The van der Waals surface area contributed by atoms with E-state index >= 15 is 0 Å². The third-order valence-corrected chi connectivity index (χ3v) is 3.74. The number of anilines is 2. The molecule has 0 bridgehead atoms. The Kier molecular flexibility index (Phi) is 6.74. The van der Waals surface area contributed by atoms with Crippen molar-refractivity contribution in [1.29, 1.82) is 0 Å². The number of para-hydroxylation sites is 2. The van der Waals surface area contributed by atoms with Crippen molar-refractivity contribution in [2.24, 2.45) is 0 Å². The van der Waals surface area contributed by atoms with E-state index in [1.165, 1.54) is 6.07 Å². The highest BCUT2D eigenvalue weighted by molar-refractivity contribution is 6.31. The van der Waals surface area contributed by atoms with Gasteiger partial charge in [0.15, 0.2) is 0 Å². The summed E-state index contributed by atoms with van der Waals surface area (Å²) in [6, 6.07) is 10.5. The van der Waals surface area contributed by atoms with Gasteiger partial charge in [-0.05, 0) is 37.3 Å². The van der Waals surface area contributed by atoms with Crippen molar-refractivity contribution in [2.75, 3.05) is 23.8 Å². The first kappa shape index (κ1) is 19.9. The molecular weight excluding hydrogens is 369 g/mol. The van der Waals surface area contributed by atoms with Gasteiger partial charge in [-0.2, -0.15) is 13.2 Å². The van der Waals surface area contributed by atoms with E-state index in [1.807, 2.05) is 25.1 Å². The fourth-order valence-corrected chi connectivity index (χ4v) is 2.47. The normalized spacial score (nSPS) is 11.1. The van der Waals surface area contributed by atoms with Crippen LogP contribution in [0, 0.1) is 0 Å². The SMILES string of the molecule is CCOc1ccccc1NCCC(=O)Nc1ccc(Cl)c(C(F)(F)F)c1. The lowest BCUT2D eigenvalue weighted by atomic mass is 10.2. The van der Waals surface area contributed by atoms with Crippen LogP contribution in [0.5, 0.6) is 5.75 Å². The summed E-state index contributed by atoms with van der Waals surface area (Å²) >= 11 is 5.55. The van der Waals surface area contributed by atoms with E-state index in [4.69, 9.17) is 16.3 Å². The lowest BCUT2D eigenvalue weighted by Gasteiger charge is -2.13. The van der Waals surface area contributed by atoms with Crippen molar-refractivity contribution in [3.63, 3.8) is 0 Å². The van der Waals surface area contributed by atoms with E-state index < -0.39 is 22.7 Å². The molecule has 2 rings (SSSR count). The van der Waals surface area contributed by atoms with Gasteiger partial charge in [0.05, 0.1) is 22.9 Å². The number of hydrogen-bond acceptors (Lipinski definition) is 3. The van der Waals surface area contributed by atoms with E-state index in [0.29, 0.717) is 18.9 Å². The number of rotatable bonds is 7. The van der Waals surface area contributed by atoms with Crippen molar-refractivity contribution < 1.29 is 22.7 Å². The minimum absolute atomic E-state index is 0.0430. The number of ether oxygens (including phenoxy) is 1. The molecule has 26 heavy (non-hydrogen) atoms. The third kappa shape index (κ3) is 5.56. The van der Waals surface area contributed by atoms with Gasteiger partial charge in [-0.15, -0.1) is 0 Å². The molecule has 4 nitrogen and oxygen atoms in total. The molecule has 0 aliphatic heterocycles. The number of carbonyl (C=O) groups excluding carboxylic acids is 1. The summed E-state index contributed by atoms with van der Waals surface area (Å²) in [7, 11) is 0. The maximum atomic E-state index is 12.8. The Bertz CT molecular complexity index is 766. The van der Waals surface area contributed by atoms with E-state index in [1.54, 1.807) is 6.07 Å². The highest BCUT2D eigenvalue weighted by Gasteiger charge is 2.33. The molecule has 0 unspecified atom stereocenters. The Labute approximate surface area is 154 Å². The largest absolute Gasteiger partial charge is 0.492 e. The Morgan fingerprint density at radius 2 is 1.92 bits per heavy atom. The van der Waals surface area contributed by atoms with Crippen molar-refractivity contribution in [1.82, 2.24) is 0 Å². The number of carbonyl (C=O) groups is 1. The van der Waals surface area contributed by atoms with Gasteiger partial charge < -0.3 is 15.4 Å². The minimum Gasteiger partial charge on any atom is -0.492 e. The van der Waals surface area contributed by atoms with Crippen molar-refractivity contribution >= 4 is 28.9 Å². The Morgan fingerprint density at radius 1 is 1.19 bits per heavy atom. The van der Waals surface area contributed by atoms with Crippen molar-refractivity contribution in [2.45, 2.75) is 19.5 Å². The van der Waals surface area contributed by atoms with Crippen LogP contribution in [0.1, 0.15) is 18.9 Å². The van der Waals surface area contributed by atoms with Gasteiger partial charge in [0, 0.05) is 18.7 Å². The quantitative estimate of drug-likeness (QED) is 0.687. The molecule has 8 heteroatoms. The first-order chi connectivity index (χ1) is 12.3. The van der Waals surface area contributed by atoms with Crippen LogP contribution in [0.25, 0.3) is 0 Å². The van der Waals surface area contributed by atoms with Gasteiger partial charge in [-0.3, -0.25) is 4.79 Å². The Balaban J connectivity index is 1.92. The fraction of sp³-hybridized carbons (Fsp3) is 0.278. The molecule has 2 aromatic rings. The van der Waals surface area contributed by atoms with Crippen LogP contribution in [0.4, 0.5) is 24.5 Å². The predicted octanol–water partition coefficient (Wildman–Crippen LogP) is 5.20. The zero-order valence-corrected chi connectivity index (χ0v) is 14.7. The molecule has 140 valence electrons. The van der Waals surface area contributed by atoms with Gasteiger partial charge in [0.2, 0.25) is 5.91 Å². The summed E-state index contributed by atoms with van der Waals surface area (Å²) in [5, 5.41) is 5.10. The first-order valence-corrected chi connectivity index (χ1v) is 8.31. The second-order valence-corrected chi connectivity index (χ2v) is 5.75. The summed E-state index contributed by atoms with van der Waals surface area (Å²) in [5.41, 5.74) is -0.199. The number of amides is 1. The molecule has 0 radical (unpaired) electrons. The van der Waals surface area contributed by atoms with Crippen LogP contribution in [0.3, 0.4) is 0 Å². The van der Waals surface area contributed by atoms with Crippen LogP contribution in [0.15, 0.2) is 42.5 Å². The summed E-state index contributed by atoms with van der Waals surface area (Å²) in [6.45, 7) is 2.68. The van der Waals surface area contributed by atoms with Crippen molar-refractivity contribution in [3.8, 4) is 5.75 Å². The van der Waals surface area contributed by atoms with E-state index in [9.17, 15) is 18.0 Å². The number of hydrogen-bond donors (Lipinski definition) is 2. The summed E-state index contributed by atoms with van der Waals surface area (Å²) in [5.74, 6) is 0.254. The van der Waals surface area contributed by atoms with E-state index in [-0.39, 0.29) is 12.1 Å². The number of nitrogens with one attached hydrogen (secondary N) is 2. The average molecular weight is 387 g/mol. The second-order valence-electron chi connectivity index (χ2n) is 5.35. The lowest BCUT2D eigenvalue weighted by Crippen LogP contribution is -2.17. The van der Waals surface area contributed by atoms with E-state index in [0.717, 1.165) is 17.8 Å². The average Bonchev–Trinajstić information content (AvgIpc) is 2.57. The fourth-order valence-electron chi connectivity index (χ4n) is 2.25. The van der Waals surface area contributed by atoms with Crippen LogP contribution in [-0.4, -0.2) is 19.1 Å². The number of benzene rings is 2. The Morgan fingerprint density at radius 3 is 2.62 bits per heavy atom. The molecule has 1 amide bonds. The highest BCUT2D eigenvalue weighted by atomic mass is 35.5. The highest BCUT2D eigenvalue weighted by Crippen LogP contribution is 2.36. The maximum absolute atomic E-state index is 12.8. The molecule has 0 saturated heterocycles. The topological polar surface area (TPSA) is 50.4 Å². The Hall–Kier alpha value is -2.41. The minimum atomic E-state index is -4.58. The zero-order valence-electron chi connectivity index (χ0n) is 14.0. The molecule has 0 saturated carbocycles.